The number of halogens is 2. The fraction of sp³-hybridized carbons (Fsp3) is 0.300. The Morgan fingerprint density at radius 3 is 2.64 bits per heavy atom. The highest BCUT2D eigenvalue weighted by molar-refractivity contribution is 7.22. The third-order valence-electron chi connectivity index (χ3n) is 4.09. The molecule has 0 radical (unpaired) electrons. The summed E-state index contributed by atoms with van der Waals surface area (Å²) in [6, 6.07) is 12.0. The van der Waals surface area contributed by atoms with Gasteiger partial charge in [-0.15, -0.1) is 12.4 Å². The van der Waals surface area contributed by atoms with Gasteiger partial charge >= 0.3 is 0 Å². The predicted octanol–water partition coefficient (Wildman–Crippen LogP) is 4.14. The van der Waals surface area contributed by atoms with Crippen molar-refractivity contribution in [3.8, 4) is 5.75 Å². The summed E-state index contributed by atoms with van der Waals surface area (Å²) in [5, 5.41) is 0.552. The number of anilines is 1. The molecule has 150 valence electrons. The Labute approximate surface area is 174 Å². The van der Waals surface area contributed by atoms with Gasteiger partial charge < -0.3 is 9.64 Å². The minimum Gasteiger partial charge on any atom is -0.483 e. The minimum absolute atomic E-state index is 0. The first-order chi connectivity index (χ1) is 12.9. The molecule has 0 atom stereocenters. The van der Waals surface area contributed by atoms with E-state index in [1.54, 1.807) is 11.0 Å². The molecule has 0 aliphatic carbocycles. The zero-order chi connectivity index (χ0) is 19.4. The average Bonchev–Trinajstić information content (AvgIpc) is 3.03. The van der Waals surface area contributed by atoms with Crippen LogP contribution in [0.2, 0.25) is 0 Å². The van der Waals surface area contributed by atoms with Crippen molar-refractivity contribution in [3.63, 3.8) is 0 Å². The number of carbonyl (C=O) groups is 1. The molecule has 0 N–H and O–H groups in total. The molecule has 1 heterocycles. The Hall–Kier alpha value is -2.22. The summed E-state index contributed by atoms with van der Waals surface area (Å²) in [4.78, 5) is 21.0. The number of likely N-dealkylation sites (N-methyl/N-ethyl adjacent to an activating group) is 1. The number of hydrogen-bond donors (Lipinski definition) is 0. The highest BCUT2D eigenvalue weighted by Gasteiger charge is 2.21. The first-order valence-electron chi connectivity index (χ1n) is 8.63. The number of benzene rings is 2. The number of aryl methyl sites for hydroxylation is 1. The highest BCUT2D eigenvalue weighted by atomic mass is 35.5. The molecule has 8 heteroatoms. The lowest BCUT2D eigenvalue weighted by molar-refractivity contribution is -0.120. The van der Waals surface area contributed by atoms with Crippen molar-refractivity contribution < 1.29 is 13.9 Å². The summed E-state index contributed by atoms with van der Waals surface area (Å²) in [5.41, 5.74) is 1.65. The van der Waals surface area contributed by atoms with Crippen molar-refractivity contribution in [2.24, 2.45) is 0 Å². The zero-order valence-corrected chi connectivity index (χ0v) is 17.6. The monoisotopic (exact) mass is 423 g/mol. The van der Waals surface area contributed by atoms with E-state index in [1.165, 1.54) is 23.5 Å². The summed E-state index contributed by atoms with van der Waals surface area (Å²) >= 11 is 1.30. The molecule has 28 heavy (non-hydrogen) atoms. The van der Waals surface area contributed by atoms with E-state index >= 15 is 0 Å². The molecule has 0 spiro atoms. The number of rotatable bonds is 7. The van der Waals surface area contributed by atoms with E-state index in [9.17, 15) is 9.18 Å². The van der Waals surface area contributed by atoms with Gasteiger partial charge in [-0.25, -0.2) is 9.37 Å². The normalized spacial score (nSPS) is 10.8. The average molecular weight is 424 g/mol. The maximum absolute atomic E-state index is 13.5. The quantitative estimate of drug-likeness (QED) is 0.573. The molecule has 0 bridgehead atoms. The Morgan fingerprint density at radius 2 is 1.93 bits per heavy atom. The molecule has 2 aromatic carbocycles. The maximum Gasteiger partial charge on any atom is 0.266 e. The number of thiazole rings is 1. The van der Waals surface area contributed by atoms with Gasteiger partial charge in [-0.3, -0.25) is 9.69 Å². The maximum atomic E-state index is 13.5. The van der Waals surface area contributed by atoms with Crippen LogP contribution in [0.25, 0.3) is 10.2 Å². The van der Waals surface area contributed by atoms with E-state index in [0.29, 0.717) is 34.2 Å². The van der Waals surface area contributed by atoms with E-state index in [-0.39, 0.29) is 30.7 Å². The van der Waals surface area contributed by atoms with Crippen LogP contribution in [0.5, 0.6) is 5.75 Å². The first-order valence-corrected chi connectivity index (χ1v) is 9.45. The lowest BCUT2D eigenvalue weighted by atomic mass is 10.2. The van der Waals surface area contributed by atoms with Crippen LogP contribution in [-0.4, -0.2) is 49.6 Å². The number of nitrogens with zero attached hydrogens (tertiary/aromatic N) is 3. The number of carbonyl (C=O) groups excluding carboxylic acids is 1. The van der Waals surface area contributed by atoms with E-state index in [1.807, 2.05) is 50.2 Å². The van der Waals surface area contributed by atoms with Gasteiger partial charge in [0.15, 0.2) is 11.7 Å². The highest BCUT2D eigenvalue weighted by Crippen LogP contribution is 2.29. The van der Waals surface area contributed by atoms with Crippen LogP contribution in [0, 0.1) is 12.7 Å². The van der Waals surface area contributed by atoms with E-state index in [2.05, 4.69) is 4.98 Å². The third-order valence-corrected chi connectivity index (χ3v) is 5.13. The van der Waals surface area contributed by atoms with E-state index in [0.717, 1.165) is 5.56 Å². The largest absolute Gasteiger partial charge is 0.483 e. The van der Waals surface area contributed by atoms with Crippen LogP contribution in [0.1, 0.15) is 5.56 Å². The Kier molecular flexibility index (Phi) is 7.74. The van der Waals surface area contributed by atoms with Gasteiger partial charge in [-0.05, 0) is 50.8 Å². The predicted molar refractivity (Wildman–Crippen MR) is 114 cm³/mol. The molecule has 0 fully saturated rings. The number of ether oxygens (including phenoxy) is 1. The van der Waals surface area contributed by atoms with Gasteiger partial charge in [-0.1, -0.05) is 29.5 Å². The number of para-hydroxylation sites is 1. The number of amides is 1. The standard InChI is InChI=1S/C20H22FN3O2S.ClH/c1-14-6-4-5-7-17(14)26-13-19(25)24(11-10-23(2)3)20-22-16-9-8-15(21)12-18(16)27-20;/h4-9,12H,10-11,13H2,1-3H3;1H. The summed E-state index contributed by atoms with van der Waals surface area (Å²) in [6.07, 6.45) is 0. The summed E-state index contributed by atoms with van der Waals surface area (Å²) in [6.45, 7) is 3.01. The van der Waals surface area contributed by atoms with Crippen LogP contribution >= 0.6 is 23.7 Å². The molecule has 5 nitrogen and oxygen atoms in total. The first kappa shape index (κ1) is 22.1. The fourth-order valence-corrected chi connectivity index (χ4v) is 3.60. The van der Waals surface area contributed by atoms with Crippen LogP contribution < -0.4 is 9.64 Å². The lowest BCUT2D eigenvalue weighted by Gasteiger charge is -2.22. The second kappa shape index (κ2) is 9.82. The van der Waals surface area contributed by atoms with Crippen molar-refractivity contribution in [1.82, 2.24) is 9.88 Å². The zero-order valence-electron chi connectivity index (χ0n) is 16.0. The number of fused-ring (bicyclic) bond motifs is 1. The minimum atomic E-state index is -0.313. The van der Waals surface area contributed by atoms with E-state index in [4.69, 9.17) is 4.74 Å². The van der Waals surface area contributed by atoms with Crippen molar-refractivity contribution in [2.75, 3.05) is 38.7 Å². The summed E-state index contributed by atoms with van der Waals surface area (Å²) in [7, 11) is 3.89. The van der Waals surface area contributed by atoms with Crippen molar-refractivity contribution in [3.05, 3.63) is 53.8 Å². The number of hydrogen-bond acceptors (Lipinski definition) is 5. The second-order valence-corrected chi connectivity index (χ2v) is 7.52. The molecule has 3 rings (SSSR count). The molecular formula is C20H23ClFN3O2S. The van der Waals surface area contributed by atoms with Gasteiger partial charge in [0.25, 0.3) is 5.91 Å². The van der Waals surface area contributed by atoms with Crippen LogP contribution in [0.3, 0.4) is 0 Å². The Bertz CT molecular complexity index is 948. The van der Waals surface area contributed by atoms with Gasteiger partial charge in [0.1, 0.15) is 11.6 Å². The van der Waals surface area contributed by atoms with Gasteiger partial charge in [0.2, 0.25) is 0 Å². The molecule has 3 aromatic rings. The molecule has 0 aliphatic rings. The topological polar surface area (TPSA) is 45.7 Å². The van der Waals surface area contributed by atoms with Crippen molar-refractivity contribution in [2.45, 2.75) is 6.92 Å². The van der Waals surface area contributed by atoms with Gasteiger partial charge in [0.05, 0.1) is 10.2 Å². The van der Waals surface area contributed by atoms with Crippen LogP contribution in [-0.2, 0) is 4.79 Å². The van der Waals surface area contributed by atoms with Crippen LogP contribution in [0.4, 0.5) is 9.52 Å². The molecule has 1 aromatic heterocycles. The van der Waals surface area contributed by atoms with Gasteiger partial charge in [0, 0.05) is 13.1 Å². The molecular weight excluding hydrogens is 401 g/mol. The molecule has 0 saturated heterocycles. The molecule has 1 amide bonds. The van der Waals surface area contributed by atoms with E-state index < -0.39 is 0 Å². The smallest absolute Gasteiger partial charge is 0.266 e. The lowest BCUT2D eigenvalue weighted by Crippen LogP contribution is -2.39. The fourth-order valence-electron chi connectivity index (χ4n) is 2.56. The summed E-state index contributed by atoms with van der Waals surface area (Å²) < 4.78 is 19.9. The van der Waals surface area contributed by atoms with Crippen molar-refractivity contribution in [1.29, 1.82) is 0 Å². The molecule has 0 saturated carbocycles. The van der Waals surface area contributed by atoms with Gasteiger partial charge in [-0.2, -0.15) is 0 Å². The van der Waals surface area contributed by atoms with Crippen molar-refractivity contribution >= 4 is 45.0 Å². The SMILES string of the molecule is Cc1ccccc1OCC(=O)N(CCN(C)C)c1nc2ccc(F)cc2s1.Cl. The third kappa shape index (κ3) is 5.41. The molecule has 0 unspecified atom stereocenters. The molecule has 0 aliphatic heterocycles. The Balaban J connectivity index is 0.00000280. The number of aromatic nitrogens is 1. The summed E-state index contributed by atoms with van der Waals surface area (Å²) in [5.74, 6) is 0.191. The Morgan fingerprint density at radius 1 is 1.18 bits per heavy atom. The second-order valence-electron chi connectivity index (χ2n) is 6.51. The van der Waals surface area contributed by atoms with Crippen LogP contribution in [0.15, 0.2) is 42.5 Å².